The van der Waals surface area contributed by atoms with Gasteiger partial charge in [0.25, 0.3) is 0 Å². The molecule has 1 aliphatic heterocycles. The van der Waals surface area contributed by atoms with Gasteiger partial charge >= 0.3 is 5.97 Å². The minimum Gasteiger partial charge on any atom is -0.455 e. The molecule has 0 unspecified atom stereocenters. The first-order valence-corrected chi connectivity index (χ1v) is 4.25. The molecular formula is C11H10O2. The van der Waals surface area contributed by atoms with Crippen LogP contribution in [0.3, 0.4) is 0 Å². The molecule has 1 heterocycles. The number of hydrogen-bond donors (Lipinski definition) is 0. The third-order valence-corrected chi connectivity index (χ3v) is 2.00. The van der Waals surface area contributed by atoms with Crippen molar-refractivity contribution in [3.8, 4) is 0 Å². The summed E-state index contributed by atoms with van der Waals surface area (Å²) in [4.78, 5) is 11.3. The molecule has 0 N–H and O–H groups in total. The minimum atomic E-state index is -0.223. The Labute approximate surface area is 76.8 Å². The average Bonchev–Trinajstić information content (AvgIpc) is 2.47. The van der Waals surface area contributed by atoms with Crippen LogP contribution in [0.25, 0.3) is 5.57 Å². The third kappa shape index (κ3) is 1.47. The molecule has 66 valence electrons. The molecule has 0 radical (unpaired) electrons. The van der Waals surface area contributed by atoms with Gasteiger partial charge in [0.2, 0.25) is 0 Å². The van der Waals surface area contributed by atoms with Gasteiger partial charge in [0.1, 0.15) is 6.10 Å². The Morgan fingerprint density at radius 3 is 2.46 bits per heavy atom. The van der Waals surface area contributed by atoms with Gasteiger partial charge in [-0.3, -0.25) is 0 Å². The number of carbonyl (C=O) groups is 1. The summed E-state index contributed by atoms with van der Waals surface area (Å²) < 4.78 is 5.00. The number of carbonyl (C=O) groups excluding carboxylic acids is 1. The van der Waals surface area contributed by atoms with E-state index in [-0.39, 0.29) is 12.1 Å². The molecule has 0 spiro atoms. The normalized spacial score (nSPS) is 21.2. The van der Waals surface area contributed by atoms with Crippen molar-refractivity contribution in [2.24, 2.45) is 0 Å². The number of cyclic esters (lactones) is 1. The van der Waals surface area contributed by atoms with Crippen LogP contribution in [0, 0.1) is 0 Å². The lowest BCUT2D eigenvalue weighted by atomic mass is 10.1. The van der Waals surface area contributed by atoms with E-state index in [1.54, 1.807) is 0 Å². The highest BCUT2D eigenvalue weighted by Crippen LogP contribution is 2.23. The van der Waals surface area contributed by atoms with Crippen molar-refractivity contribution in [3.63, 3.8) is 0 Å². The molecule has 0 saturated heterocycles. The predicted octanol–water partition coefficient (Wildman–Crippen LogP) is 2.02. The summed E-state index contributed by atoms with van der Waals surface area (Å²) in [5, 5.41) is 0. The summed E-state index contributed by atoms with van der Waals surface area (Å²) in [5.74, 6) is -0.223. The lowest BCUT2D eigenvalue weighted by Crippen LogP contribution is -2.03. The summed E-state index contributed by atoms with van der Waals surface area (Å²) in [7, 11) is 0. The second-order valence-electron chi connectivity index (χ2n) is 3.06. The number of benzene rings is 1. The Bertz CT molecular complexity index is 352. The molecule has 2 rings (SSSR count). The summed E-state index contributed by atoms with van der Waals surface area (Å²) in [6, 6.07) is 9.56. The molecule has 0 bridgehead atoms. The van der Waals surface area contributed by atoms with Gasteiger partial charge in [-0.1, -0.05) is 30.3 Å². The van der Waals surface area contributed by atoms with Gasteiger partial charge in [-0.2, -0.15) is 0 Å². The molecule has 0 fully saturated rings. The van der Waals surface area contributed by atoms with E-state index in [9.17, 15) is 4.79 Å². The summed E-state index contributed by atoms with van der Waals surface area (Å²) >= 11 is 0. The molecule has 0 aliphatic carbocycles. The van der Waals surface area contributed by atoms with E-state index in [1.807, 2.05) is 43.3 Å². The summed E-state index contributed by atoms with van der Waals surface area (Å²) in [6.07, 6.45) is 1.75. The number of ether oxygens (including phenoxy) is 1. The zero-order valence-electron chi connectivity index (χ0n) is 7.36. The summed E-state index contributed by atoms with van der Waals surface area (Å²) in [5.41, 5.74) is 1.60. The van der Waals surface area contributed by atoms with Gasteiger partial charge in [-0.15, -0.1) is 0 Å². The van der Waals surface area contributed by atoms with Gasteiger partial charge in [0.15, 0.2) is 0 Å². The number of rotatable bonds is 1. The number of hydrogen-bond acceptors (Lipinski definition) is 2. The first kappa shape index (κ1) is 8.05. The highest BCUT2D eigenvalue weighted by molar-refractivity contribution is 6.18. The van der Waals surface area contributed by atoms with E-state index in [0.29, 0.717) is 5.57 Å². The molecule has 1 atom stereocenters. The van der Waals surface area contributed by atoms with E-state index >= 15 is 0 Å². The van der Waals surface area contributed by atoms with Crippen LogP contribution >= 0.6 is 0 Å². The zero-order valence-corrected chi connectivity index (χ0v) is 7.36. The van der Waals surface area contributed by atoms with Gasteiger partial charge < -0.3 is 4.74 Å². The van der Waals surface area contributed by atoms with Gasteiger partial charge in [0, 0.05) is 0 Å². The monoisotopic (exact) mass is 174 g/mol. The van der Waals surface area contributed by atoms with Crippen molar-refractivity contribution >= 4 is 11.5 Å². The summed E-state index contributed by atoms with van der Waals surface area (Å²) in [6.45, 7) is 1.86. The molecular weight excluding hydrogens is 164 g/mol. The lowest BCUT2D eigenvalue weighted by molar-refractivity contribution is -0.137. The highest BCUT2D eigenvalue weighted by Gasteiger charge is 2.22. The second-order valence-corrected chi connectivity index (χ2v) is 3.06. The Morgan fingerprint density at radius 1 is 1.23 bits per heavy atom. The van der Waals surface area contributed by atoms with Crippen LogP contribution in [0.4, 0.5) is 0 Å². The van der Waals surface area contributed by atoms with Crippen LogP contribution in [0.1, 0.15) is 12.5 Å². The Balaban J connectivity index is 2.37. The fraction of sp³-hybridized carbons (Fsp3) is 0.182. The van der Waals surface area contributed by atoms with E-state index in [1.165, 1.54) is 0 Å². The highest BCUT2D eigenvalue weighted by atomic mass is 16.5. The van der Waals surface area contributed by atoms with E-state index < -0.39 is 0 Å². The first-order valence-electron chi connectivity index (χ1n) is 4.25. The van der Waals surface area contributed by atoms with Crippen molar-refractivity contribution in [2.75, 3.05) is 0 Å². The average molecular weight is 174 g/mol. The molecule has 0 saturated carbocycles. The van der Waals surface area contributed by atoms with Crippen LogP contribution in [0.15, 0.2) is 36.4 Å². The van der Waals surface area contributed by atoms with Crippen molar-refractivity contribution < 1.29 is 9.53 Å². The SMILES string of the molecule is C[C@H]1C=C(c2ccccc2)C(=O)O1. The van der Waals surface area contributed by atoms with Crippen LogP contribution in [0.5, 0.6) is 0 Å². The van der Waals surface area contributed by atoms with E-state index in [2.05, 4.69) is 0 Å². The quantitative estimate of drug-likeness (QED) is 0.609. The second kappa shape index (κ2) is 3.05. The Kier molecular flexibility index (Phi) is 1.89. The van der Waals surface area contributed by atoms with Crippen LogP contribution in [-0.4, -0.2) is 12.1 Å². The van der Waals surface area contributed by atoms with Crippen LogP contribution < -0.4 is 0 Å². The minimum absolute atomic E-state index is 0.0947. The largest absolute Gasteiger partial charge is 0.455 e. The van der Waals surface area contributed by atoms with Gasteiger partial charge in [0.05, 0.1) is 5.57 Å². The maximum Gasteiger partial charge on any atom is 0.339 e. The van der Waals surface area contributed by atoms with Crippen LogP contribution in [-0.2, 0) is 9.53 Å². The maximum atomic E-state index is 11.3. The molecule has 2 heteroatoms. The standard InChI is InChI=1S/C11H10O2/c1-8-7-10(11(12)13-8)9-5-3-2-4-6-9/h2-8H,1H3/t8-/m0/s1. The smallest absolute Gasteiger partial charge is 0.339 e. The van der Waals surface area contributed by atoms with Gasteiger partial charge in [-0.05, 0) is 18.6 Å². The molecule has 1 aromatic rings. The van der Waals surface area contributed by atoms with Crippen molar-refractivity contribution in [1.29, 1.82) is 0 Å². The maximum absolute atomic E-state index is 11.3. The zero-order chi connectivity index (χ0) is 9.26. The molecule has 1 aliphatic rings. The fourth-order valence-corrected chi connectivity index (χ4v) is 1.40. The molecule has 0 amide bonds. The molecule has 2 nitrogen and oxygen atoms in total. The van der Waals surface area contributed by atoms with Crippen molar-refractivity contribution in [3.05, 3.63) is 42.0 Å². The van der Waals surface area contributed by atoms with Gasteiger partial charge in [-0.25, -0.2) is 4.79 Å². The predicted molar refractivity (Wildman–Crippen MR) is 50.0 cm³/mol. The fourth-order valence-electron chi connectivity index (χ4n) is 1.40. The third-order valence-electron chi connectivity index (χ3n) is 2.00. The molecule has 13 heavy (non-hydrogen) atoms. The Hall–Kier alpha value is -1.57. The number of esters is 1. The van der Waals surface area contributed by atoms with E-state index in [4.69, 9.17) is 4.74 Å². The van der Waals surface area contributed by atoms with Crippen molar-refractivity contribution in [2.45, 2.75) is 13.0 Å². The first-order chi connectivity index (χ1) is 6.27. The topological polar surface area (TPSA) is 26.3 Å². The van der Waals surface area contributed by atoms with E-state index in [0.717, 1.165) is 5.56 Å². The van der Waals surface area contributed by atoms with Crippen molar-refractivity contribution in [1.82, 2.24) is 0 Å². The molecule has 0 aromatic heterocycles. The lowest BCUT2D eigenvalue weighted by Gasteiger charge is -1.99. The molecule has 1 aromatic carbocycles. The Morgan fingerprint density at radius 2 is 1.92 bits per heavy atom. The van der Waals surface area contributed by atoms with Crippen LogP contribution in [0.2, 0.25) is 0 Å².